The first-order chi connectivity index (χ1) is 14.1. The Bertz CT molecular complexity index is 968. The number of thiophene rings is 1. The lowest BCUT2D eigenvalue weighted by Crippen LogP contribution is -2.48. The van der Waals surface area contributed by atoms with Crippen molar-refractivity contribution in [3.63, 3.8) is 0 Å². The van der Waals surface area contributed by atoms with Crippen LogP contribution in [0.15, 0.2) is 47.8 Å². The van der Waals surface area contributed by atoms with Crippen LogP contribution in [0.5, 0.6) is 5.75 Å². The molecule has 1 aliphatic heterocycles. The fraction of sp³-hybridized carbons (Fsp3) is 0.391. The van der Waals surface area contributed by atoms with Gasteiger partial charge in [-0.3, -0.25) is 4.90 Å². The van der Waals surface area contributed by atoms with E-state index in [0.29, 0.717) is 0 Å². The van der Waals surface area contributed by atoms with Gasteiger partial charge in [0, 0.05) is 42.8 Å². The van der Waals surface area contributed by atoms with Crippen LogP contribution in [-0.2, 0) is 0 Å². The Morgan fingerprint density at radius 2 is 1.90 bits per heavy atom. The van der Waals surface area contributed by atoms with Gasteiger partial charge in [-0.15, -0.1) is 11.3 Å². The number of aliphatic hydroxyl groups excluding tert-OH is 1. The minimum atomic E-state index is -0.599. The van der Waals surface area contributed by atoms with Crippen molar-refractivity contribution in [3.05, 3.63) is 59.2 Å². The molecule has 0 amide bonds. The molecule has 0 spiro atoms. The summed E-state index contributed by atoms with van der Waals surface area (Å²) in [5, 5.41) is 13.7. The fourth-order valence-electron chi connectivity index (χ4n) is 4.13. The number of ether oxygens (including phenoxy) is 1. The van der Waals surface area contributed by atoms with E-state index in [4.69, 9.17) is 4.74 Å². The maximum Gasteiger partial charge on any atom is 0.142 e. The van der Waals surface area contributed by atoms with E-state index in [2.05, 4.69) is 22.8 Å². The lowest BCUT2D eigenvalue weighted by atomic mass is 9.96. The minimum absolute atomic E-state index is 0.0638. The first-order valence-corrected chi connectivity index (χ1v) is 10.9. The van der Waals surface area contributed by atoms with Crippen molar-refractivity contribution in [2.45, 2.75) is 13.0 Å². The highest BCUT2D eigenvalue weighted by Gasteiger charge is 2.25. The zero-order valence-corrected chi connectivity index (χ0v) is 17.7. The molecule has 2 atom stereocenters. The molecule has 1 saturated heterocycles. The molecule has 3 aromatic rings. The molecule has 1 aromatic heterocycles. The van der Waals surface area contributed by atoms with E-state index in [1.165, 1.54) is 12.1 Å². The number of aliphatic hydroxyl groups is 1. The van der Waals surface area contributed by atoms with Crippen LogP contribution in [0.2, 0.25) is 0 Å². The van der Waals surface area contributed by atoms with Crippen molar-refractivity contribution < 1.29 is 14.2 Å². The molecule has 0 aliphatic carbocycles. The summed E-state index contributed by atoms with van der Waals surface area (Å²) in [5.41, 5.74) is 1.97. The van der Waals surface area contributed by atoms with E-state index in [-0.39, 0.29) is 11.7 Å². The van der Waals surface area contributed by atoms with E-state index in [9.17, 15) is 9.50 Å². The number of piperazine rings is 1. The molecule has 0 saturated carbocycles. The predicted molar refractivity (Wildman–Crippen MR) is 118 cm³/mol. The van der Waals surface area contributed by atoms with Crippen LogP contribution in [0.25, 0.3) is 10.1 Å². The summed E-state index contributed by atoms with van der Waals surface area (Å²) in [5.74, 6) is 0.708. The Balaban J connectivity index is 1.38. The highest BCUT2D eigenvalue weighted by molar-refractivity contribution is 7.17. The number of rotatable bonds is 6. The number of para-hydroxylation sites is 2. The lowest BCUT2D eigenvalue weighted by molar-refractivity contribution is 0.0876. The van der Waals surface area contributed by atoms with Gasteiger partial charge in [0.25, 0.3) is 0 Å². The Morgan fingerprint density at radius 1 is 1.14 bits per heavy atom. The zero-order chi connectivity index (χ0) is 20.4. The second-order valence-electron chi connectivity index (χ2n) is 7.71. The summed E-state index contributed by atoms with van der Waals surface area (Å²) in [4.78, 5) is 4.75. The molecule has 4 nitrogen and oxygen atoms in total. The van der Waals surface area contributed by atoms with Gasteiger partial charge in [-0.05, 0) is 47.2 Å². The van der Waals surface area contributed by atoms with Gasteiger partial charge in [-0.2, -0.15) is 0 Å². The topological polar surface area (TPSA) is 35.9 Å². The van der Waals surface area contributed by atoms with Crippen molar-refractivity contribution in [2.75, 3.05) is 44.7 Å². The van der Waals surface area contributed by atoms with Gasteiger partial charge < -0.3 is 14.7 Å². The molecule has 1 fully saturated rings. The quantitative estimate of drug-likeness (QED) is 0.642. The van der Waals surface area contributed by atoms with E-state index in [1.54, 1.807) is 24.5 Å². The summed E-state index contributed by atoms with van der Waals surface area (Å²) in [6.45, 7) is 6.61. The Hall–Kier alpha value is -2.15. The average Bonchev–Trinajstić information content (AvgIpc) is 3.16. The van der Waals surface area contributed by atoms with Crippen molar-refractivity contribution in [1.29, 1.82) is 0 Å². The average molecular weight is 415 g/mol. The molecule has 6 heteroatoms. The summed E-state index contributed by atoms with van der Waals surface area (Å²) in [7, 11) is 1.71. The van der Waals surface area contributed by atoms with Crippen molar-refractivity contribution in [1.82, 2.24) is 4.90 Å². The summed E-state index contributed by atoms with van der Waals surface area (Å²) >= 11 is 1.56. The highest BCUT2D eigenvalue weighted by Crippen LogP contribution is 2.35. The molecule has 1 aliphatic rings. The van der Waals surface area contributed by atoms with E-state index in [0.717, 1.165) is 59.8 Å². The zero-order valence-electron chi connectivity index (χ0n) is 16.8. The summed E-state index contributed by atoms with van der Waals surface area (Å²) in [6, 6.07) is 12.9. The summed E-state index contributed by atoms with van der Waals surface area (Å²) < 4.78 is 20.2. The maximum absolute atomic E-state index is 13.7. The highest BCUT2D eigenvalue weighted by atomic mass is 32.1. The van der Waals surface area contributed by atoms with Crippen LogP contribution < -0.4 is 9.64 Å². The molecule has 0 radical (unpaired) electrons. The van der Waals surface area contributed by atoms with Gasteiger partial charge in [0.2, 0.25) is 0 Å². The lowest BCUT2D eigenvalue weighted by Gasteiger charge is -2.38. The SMILES string of the molecule is COc1ccccc1N1CCN(CC(C)C(O)c2csc3ccc(F)cc23)CC1. The van der Waals surface area contributed by atoms with Gasteiger partial charge in [-0.1, -0.05) is 19.1 Å². The van der Waals surface area contributed by atoms with E-state index >= 15 is 0 Å². The van der Waals surface area contributed by atoms with Gasteiger partial charge in [0.1, 0.15) is 11.6 Å². The predicted octanol–water partition coefficient (Wildman–Crippen LogP) is 4.54. The third-order valence-corrected chi connectivity index (χ3v) is 6.75. The Kier molecular flexibility index (Phi) is 6.04. The van der Waals surface area contributed by atoms with Crippen LogP contribution >= 0.6 is 11.3 Å². The number of halogens is 1. The third-order valence-electron chi connectivity index (χ3n) is 5.77. The van der Waals surface area contributed by atoms with Crippen molar-refractivity contribution in [2.24, 2.45) is 5.92 Å². The largest absolute Gasteiger partial charge is 0.495 e. The van der Waals surface area contributed by atoms with Gasteiger partial charge in [0.15, 0.2) is 0 Å². The number of fused-ring (bicyclic) bond motifs is 1. The van der Waals surface area contributed by atoms with Crippen LogP contribution in [0, 0.1) is 11.7 Å². The maximum atomic E-state index is 13.7. The van der Waals surface area contributed by atoms with Crippen LogP contribution in [0.4, 0.5) is 10.1 Å². The van der Waals surface area contributed by atoms with E-state index in [1.807, 2.05) is 23.6 Å². The number of benzene rings is 2. The number of anilines is 1. The molecule has 1 N–H and O–H groups in total. The standard InChI is InChI=1S/C23H27FN2O2S/c1-16(23(27)19-15-29-22-8-7-17(24)13-18(19)22)14-25-9-11-26(12-10-25)20-5-3-4-6-21(20)28-2/h3-8,13,15-16,23,27H,9-12,14H2,1-2H3. The smallest absolute Gasteiger partial charge is 0.142 e. The second-order valence-corrected chi connectivity index (χ2v) is 8.62. The first kappa shape index (κ1) is 20.1. The monoisotopic (exact) mass is 414 g/mol. The molecule has 154 valence electrons. The number of nitrogens with zero attached hydrogens (tertiary/aromatic N) is 2. The van der Waals surface area contributed by atoms with Gasteiger partial charge in [-0.25, -0.2) is 4.39 Å². The van der Waals surface area contributed by atoms with Gasteiger partial charge >= 0.3 is 0 Å². The van der Waals surface area contributed by atoms with Gasteiger partial charge in [0.05, 0.1) is 18.9 Å². The van der Waals surface area contributed by atoms with Crippen molar-refractivity contribution in [3.8, 4) is 5.75 Å². The van der Waals surface area contributed by atoms with Crippen LogP contribution in [0.3, 0.4) is 0 Å². The summed E-state index contributed by atoms with van der Waals surface area (Å²) in [6.07, 6.45) is -0.599. The third kappa shape index (κ3) is 4.25. The van der Waals surface area contributed by atoms with E-state index < -0.39 is 6.10 Å². The Morgan fingerprint density at radius 3 is 2.66 bits per heavy atom. The molecular weight excluding hydrogens is 387 g/mol. The first-order valence-electron chi connectivity index (χ1n) is 10.0. The Labute approximate surface area is 175 Å². The molecule has 2 unspecified atom stereocenters. The fourth-order valence-corrected chi connectivity index (χ4v) is 5.10. The molecular formula is C23H27FN2O2S. The molecule has 29 heavy (non-hydrogen) atoms. The normalized spacial score (nSPS) is 17.4. The van der Waals surface area contributed by atoms with Crippen LogP contribution in [0.1, 0.15) is 18.6 Å². The molecule has 2 heterocycles. The molecule has 4 rings (SSSR count). The minimum Gasteiger partial charge on any atom is -0.495 e. The van der Waals surface area contributed by atoms with Crippen molar-refractivity contribution >= 4 is 27.1 Å². The second kappa shape index (κ2) is 8.69. The number of methoxy groups -OCH3 is 1. The molecule has 0 bridgehead atoms. The number of hydrogen-bond acceptors (Lipinski definition) is 5. The molecule has 2 aromatic carbocycles. The van der Waals surface area contributed by atoms with Crippen LogP contribution in [-0.4, -0.2) is 49.8 Å². The number of hydrogen-bond donors (Lipinski definition) is 1.